The molecular weight excluding hydrogens is 203 g/mol. The van der Waals surface area contributed by atoms with Crippen molar-refractivity contribution in [3.63, 3.8) is 0 Å². The lowest BCUT2D eigenvalue weighted by atomic mass is 9.97. The van der Waals surface area contributed by atoms with Crippen LogP contribution >= 0.6 is 11.6 Å². The molecule has 0 bridgehead atoms. The van der Waals surface area contributed by atoms with Crippen molar-refractivity contribution in [2.45, 2.75) is 12.5 Å². The van der Waals surface area contributed by atoms with Crippen LogP contribution < -0.4 is 10.6 Å². The minimum atomic E-state index is -0.287. The maximum absolute atomic E-state index is 13.6. The van der Waals surface area contributed by atoms with Crippen molar-refractivity contribution >= 4 is 17.3 Å². The van der Waals surface area contributed by atoms with Gasteiger partial charge in [-0.15, -0.1) is 0 Å². The Hall–Kier alpha value is -0.800. The normalized spacial score (nSPS) is 20.9. The number of fused-ring (bicyclic) bond motifs is 1. The number of nitrogens with zero attached hydrogens (tertiary/aromatic N) is 1. The van der Waals surface area contributed by atoms with Crippen LogP contribution in [0.3, 0.4) is 0 Å². The average molecular weight is 215 g/mol. The van der Waals surface area contributed by atoms with E-state index in [4.69, 9.17) is 17.3 Å². The third-order valence-electron chi connectivity index (χ3n) is 2.61. The van der Waals surface area contributed by atoms with Crippen molar-refractivity contribution in [1.82, 2.24) is 0 Å². The first-order chi connectivity index (χ1) is 6.59. The summed E-state index contributed by atoms with van der Waals surface area (Å²) in [6.07, 6.45) is 0.837. The largest absolute Gasteiger partial charge is 0.372 e. The summed E-state index contributed by atoms with van der Waals surface area (Å²) < 4.78 is 13.6. The highest BCUT2D eigenvalue weighted by Gasteiger charge is 2.23. The number of rotatable bonds is 0. The molecule has 0 aliphatic carbocycles. The molecule has 2 nitrogen and oxygen atoms in total. The molecule has 0 spiro atoms. The first-order valence-corrected chi connectivity index (χ1v) is 4.93. The molecule has 1 aromatic rings. The van der Waals surface area contributed by atoms with Crippen LogP contribution in [0, 0.1) is 5.82 Å². The third kappa shape index (κ3) is 1.47. The Morgan fingerprint density at radius 3 is 3.00 bits per heavy atom. The predicted molar refractivity (Wildman–Crippen MR) is 56.2 cm³/mol. The highest BCUT2D eigenvalue weighted by Crippen LogP contribution is 2.35. The Bertz CT molecular complexity index is 367. The summed E-state index contributed by atoms with van der Waals surface area (Å²) in [5, 5.41) is 0.409. The first kappa shape index (κ1) is 9.74. The molecule has 4 heteroatoms. The van der Waals surface area contributed by atoms with Gasteiger partial charge in [0.15, 0.2) is 0 Å². The lowest BCUT2D eigenvalue weighted by Gasteiger charge is -2.31. The van der Waals surface area contributed by atoms with Crippen molar-refractivity contribution < 1.29 is 4.39 Å². The van der Waals surface area contributed by atoms with Gasteiger partial charge in [0.1, 0.15) is 5.82 Å². The van der Waals surface area contributed by atoms with Crippen molar-refractivity contribution in [1.29, 1.82) is 0 Å². The quantitative estimate of drug-likeness (QED) is 0.718. The van der Waals surface area contributed by atoms with Crippen LogP contribution in [0.1, 0.15) is 18.0 Å². The van der Waals surface area contributed by atoms with Gasteiger partial charge in [-0.3, -0.25) is 0 Å². The number of benzene rings is 1. The molecule has 1 aliphatic heterocycles. The minimum Gasteiger partial charge on any atom is -0.372 e. The van der Waals surface area contributed by atoms with E-state index in [0.29, 0.717) is 10.7 Å². The van der Waals surface area contributed by atoms with Gasteiger partial charge in [-0.05, 0) is 24.1 Å². The first-order valence-electron chi connectivity index (χ1n) is 4.55. The summed E-state index contributed by atoms with van der Waals surface area (Å²) in [4.78, 5) is 1.88. The van der Waals surface area contributed by atoms with Crippen molar-refractivity contribution in [3.05, 3.63) is 28.5 Å². The second kappa shape index (κ2) is 3.41. The Morgan fingerprint density at radius 1 is 1.57 bits per heavy atom. The second-order valence-corrected chi connectivity index (χ2v) is 4.08. The van der Waals surface area contributed by atoms with Gasteiger partial charge in [0.25, 0.3) is 0 Å². The Morgan fingerprint density at radius 2 is 2.29 bits per heavy atom. The van der Waals surface area contributed by atoms with E-state index in [0.717, 1.165) is 18.5 Å². The highest BCUT2D eigenvalue weighted by atomic mass is 35.5. The lowest BCUT2D eigenvalue weighted by Crippen LogP contribution is -2.31. The maximum atomic E-state index is 13.6. The van der Waals surface area contributed by atoms with Gasteiger partial charge in [-0.1, -0.05) is 11.6 Å². The molecule has 14 heavy (non-hydrogen) atoms. The van der Waals surface area contributed by atoms with E-state index in [1.807, 2.05) is 11.9 Å². The summed E-state index contributed by atoms with van der Waals surface area (Å²) in [5.74, 6) is -0.287. The summed E-state index contributed by atoms with van der Waals surface area (Å²) in [6, 6.07) is 2.98. The molecule has 0 amide bonds. The fourth-order valence-corrected chi connectivity index (χ4v) is 2.08. The van der Waals surface area contributed by atoms with E-state index in [9.17, 15) is 4.39 Å². The summed E-state index contributed by atoms with van der Waals surface area (Å²) in [5.41, 5.74) is 7.29. The topological polar surface area (TPSA) is 29.3 Å². The number of anilines is 1. The number of nitrogens with two attached hydrogens (primary N) is 1. The monoisotopic (exact) mass is 214 g/mol. The summed E-state index contributed by atoms with van der Waals surface area (Å²) in [6.45, 7) is 0.784. The maximum Gasteiger partial charge on any atom is 0.148 e. The van der Waals surface area contributed by atoms with Crippen LogP contribution in [-0.2, 0) is 0 Å². The Kier molecular flexibility index (Phi) is 2.37. The van der Waals surface area contributed by atoms with Gasteiger partial charge in [0, 0.05) is 24.7 Å². The van der Waals surface area contributed by atoms with E-state index in [1.54, 1.807) is 6.07 Å². The van der Waals surface area contributed by atoms with E-state index >= 15 is 0 Å². The second-order valence-electron chi connectivity index (χ2n) is 3.64. The van der Waals surface area contributed by atoms with Gasteiger partial charge in [0.05, 0.1) is 5.69 Å². The van der Waals surface area contributed by atoms with E-state index < -0.39 is 0 Å². The third-order valence-corrected chi connectivity index (χ3v) is 2.83. The van der Waals surface area contributed by atoms with E-state index in [2.05, 4.69) is 0 Å². The molecule has 1 atom stereocenters. The molecule has 1 heterocycles. The molecule has 2 N–H and O–H groups in total. The molecule has 0 saturated heterocycles. The summed E-state index contributed by atoms with van der Waals surface area (Å²) >= 11 is 5.78. The predicted octanol–water partition coefficient (Wildman–Crippen LogP) is 2.32. The Balaban J connectivity index is 2.60. The molecule has 0 radical (unpaired) electrons. The molecule has 0 saturated carbocycles. The molecule has 0 aromatic heterocycles. The molecule has 2 rings (SSSR count). The molecule has 76 valence electrons. The fraction of sp³-hybridized carbons (Fsp3) is 0.400. The highest BCUT2D eigenvalue weighted by molar-refractivity contribution is 6.30. The molecular formula is C10H12ClFN2. The van der Waals surface area contributed by atoms with Crippen LogP contribution in [0.4, 0.5) is 10.1 Å². The van der Waals surface area contributed by atoms with Crippen LogP contribution in [0.2, 0.25) is 5.02 Å². The zero-order valence-corrected chi connectivity index (χ0v) is 8.68. The van der Waals surface area contributed by atoms with Gasteiger partial charge in [-0.25, -0.2) is 4.39 Å². The van der Waals surface area contributed by atoms with Gasteiger partial charge in [-0.2, -0.15) is 0 Å². The molecule has 0 fully saturated rings. The van der Waals surface area contributed by atoms with E-state index in [1.165, 1.54) is 6.07 Å². The zero-order chi connectivity index (χ0) is 10.3. The van der Waals surface area contributed by atoms with E-state index in [-0.39, 0.29) is 11.9 Å². The minimum absolute atomic E-state index is 0.102. The SMILES string of the molecule is CN1CCC(N)c2cc(Cl)cc(F)c21. The molecule has 1 aromatic carbocycles. The van der Waals surface area contributed by atoms with Crippen LogP contribution in [0.5, 0.6) is 0 Å². The molecule has 1 unspecified atom stereocenters. The van der Waals surface area contributed by atoms with Gasteiger partial charge < -0.3 is 10.6 Å². The summed E-state index contributed by atoms with van der Waals surface area (Å²) in [7, 11) is 1.86. The van der Waals surface area contributed by atoms with Crippen molar-refractivity contribution in [2.24, 2.45) is 5.73 Å². The van der Waals surface area contributed by atoms with Gasteiger partial charge in [0.2, 0.25) is 0 Å². The standard InChI is InChI=1S/C10H12ClFN2/c1-14-3-2-9(13)7-4-6(11)5-8(12)10(7)14/h4-5,9H,2-3,13H2,1H3. The van der Waals surface area contributed by atoms with Crippen LogP contribution in [0.15, 0.2) is 12.1 Å². The van der Waals surface area contributed by atoms with Crippen molar-refractivity contribution in [3.8, 4) is 0 Å². The average Bonchev–Trinajstić information content (AvgIpc) is 2.10. The smallest absolute Gasteiger partial charge is 0.148 e. The Labute approximate surface area is 87.5 Å². The van der Waals surface area contributed by atoms with Crippen LogP contribution in [0.25, 0.3) is 0 Å². The van der Waals surface area contributed by atoms with Crippen molar-refractivity contribution in [2.75, 3.05) is 18.5 Å². The number of halogens is 2. The fourth-order valence-electron chi connectivity index (χ4n) is 1.87. The van der Waals surface area contributed by atoms with Crippen LogP contribution in [-0.4, -0.2) is 13.6 Å². The molecule has 1 aliphatic rings. The number of hydrogen-bond donors (Lipinski definition) is 1. The zero-order valence-electron chi connectivity index (χ0n) is 7.93. The number of hydrogen-bond acceptors (Lipinski definition) is 2. The lowest BCUT2D eigenvalue weighted by molar-refractivity contribution is 0.572. The van der Waals surface area contributed by atoms with Gasteiger partial charge >= 0.3 is 0 Å².